The van der Waals surface area contributed by atoms with Crippen molar-refractivity contribution in [3.8, 4) is 11.1 Å². The van der Waals surface area contributed by atoms with E-state index in [0.717, 1.165) is 29.5 Å². The molecule has 2 aromatic rings. The molecule has 0 aromatic heterocycles. The fraction of sp³-hybridized carbons (Fsp3) is 0.286. The number of carbonyl (C=O) groups is 1. The van der Waals surface area contributed by atoms with Crippen LogP contribution >= 0.6 is 0 Å². The standard InChI is InChI=1S/C21H24O2/c1-3-4-5-11-16-23-21(22)17(2)19-14-9-10-15-20(19)18-12-7-6-8-13-18/h6-10,12-15H,2-5,11,16H2,1H3. The summed E-state index contributed by atoms with van der Waals surface area (Å²) in [6.07, 6.45) is 4.35. The van der Waals surface area contributed by atoms with Crippen LogP contribution in [0.4, 0.5) is 0 Å². The molecule has 2 rings (SSSR count). The zero-order valence-corrected chi connectivity index (χ0v) is 13.8. The van der Waals surface area contributed by atoms with Gasteiger partial charge in [0.25, 0.3) is 0 Å². The number of hydrogen-bond donors (Lipinski definition) is 0. The molecule has 0 aliphatic heterocycles. The number of rotatable bonds is 8. The fourth-order valence-corrected chi connectivity index (χ4v) is 2.51. The van der Waals surface area contributed by atoms with Crippen molar-refractivity contribution in [3.63, 3.8) is 0 Å². The van der Waals surface area contributed by atoms with E-state index in [1.807, 2.05) is 54.6 Å². The van der Waals surface area contributed by atoms with Crippen LogP contribution in [0.5, 0.6) is 0 Å². The maximum absolute atomic E-state index is 12.2. The van der Waals surface area contributed by atoms with E-state index >= 15 is 0 Å². The minimum Gasteiger partial charge on any atom is -0.462 e. The van der Waals surface area contributed by atoms with Gasteiger partial charge >= 0.3 is 5.97 Å². The maximum Gasteiger partial charge on any atom is 0.338 e. The third-order valence-electron chi connectivity index (χ3n) is 3.81. The van der Waals surface area contributed by atoms with E-state index < -0.39 is 0 Å². The van der Waals surface area contributed by atoms with Gasteiger partial charge in [-0.1, -0.05) is 87.4 Å². The third-order valence-corrected chi connectivity index (χ3v) is 3.81. The second-order valence-corrected chi connectivity index (χ2v) is 5.59. The summed E-state index contributed by atoms with van der Waals surface area (Å²) < 4.78 is 5.36. The van der Waals surface area contributed by atoms with Gasteiger partial charge in [0.05, 0.1) is 12.2 Å². The molecule has 0 bridgehead atoms. The Labute approximate surface area is 138 Å². The highest BCUT2D eigenvalue weighted by Gasteiger charge is 2.15. The van der Waals surface area contributed by atoms with Crippen molar-refractivity contribution in [1.29, 1.82) is 0 Å². The van der Waals surface area contributed by atoms with Gasteiger partial charge in [0, 0.05) is 0 Å². The number of esters is 1. The van der Waals surface area contributed by atoms with Crippen molar-refractivity contribution in [2.24, 2.45) is 0 Å². The molecule has 0 heterocycles. The Balaban J connectivity index is 2.06. The molecule has 0 aliphatic rings. The van der Waals surface area contributed by atoms with E-state index in [9.17, 15) is 4.79 Å². The van der Waals surface area contributed by atoms with Crippen LogP contribution in [0, 0.1) is 0 Å². The maximum atomic E-state index is 12.2. The van der Waals surface area contributed by atoms with Gasteiger partial charge in [-0.15, -0.1) is 0 Å². The molecule has 0 N–H and O–H groups in total. The minimum absolute atomic E-state index is 0.329. The van der Waals surface area contributed by atoms with E-state index in [1.54, 1.807) is 0 Å². The molecule has 0 amide bonds. The molecular weight excluding hydrogens is 284 g/mol. The van der Waals surface area contributed by atoms with Gasteiger partial charge in [-0.25, -0.2) is 4.79 Å². The second-order valence-electron chi connectivity index (χ2n) is 5.59. The molecule has 120 valence electrons. The van der Waals surface area contributed by atoms with E-state index in [4.69, 9.17) is 4.74 Å². The van der Waals surface area contributed by atoms with Crippen molar-refractivity contribution in [2.45, 2.75) is 32.6 Å². The second kappa shape index (κ2) is 8.94. The summed E-state index contributed by atoms with van der Waals surface area (Å²) in [6.45, 7) is 6.58. The van der Waals surface area contributed by atoms with Gasteiger partial charge in [0.2, 0.25) is 0 Å². The molecule has 2 nitrogen and oxygen atoms in total. The van der Waals surface area contributed by atoms with Crippen LogP contribution < -0.4 is 0 Å². The number of benzene rings is 2. The molecular formula is C21H24O2. The lowest BCUT2D eigenvalue weighted by molar-refractivity contribution is -0.136. The van der Waals surface area contributed by atoms with Crippen LogP contribution in [-0.2, 0) is 9.53 Å². The van der Waals surface area contributed by atoms with Crippen LogP contribution in [0.2, 0.25) is 0 Å². The van der Waals surface area contributed by atoms with Gasteiger partial charge in [0.15, 0.2) is 0 Å². The lowest BCUT2D eigenvalue weighted by Crippen LogP contribution is -2.08. The molecule has 0 saturated heterocycles. The summed E-state index contributed by atoms with van der Waals surface area (Å²) in [7, 11) is 0. The van der Waals surface area contributed by atoms with E-state index in [0.29, 0.717) is 12.2 Å². The average Bonchev–Trinajstić information content (AvgIpc) is 2.61. The predicted octanol–water partition coefficient (Wildman–Crippen LogP) is 5.49. The first kappa shape index (κ1) is 17.0. The lowest BCUT2D eigenvalue weighted by atomic mass is 9.95. The van der Waals surface area contributed by atoms with E-state index in [2.05, 4.69) is 13.5 Å². The Bertz CT molecular complexity index is 644. The summed E-state index contributed by atoms with van der Waals surface area (Å²) in [5.74, 6) is -0.329. The van der Waals surface area contributed by atoms with E-state index in [-0.39, 0.29) is 5.97 Å². The van der Waals surface area contributed by atoms with Crippen molar-refractivity contribution < 1.29 is 9.53 Å². The summed E-state index contributed by atoms with van der Waals surface area (Å²) in [5.41, 5.74) is 3.32. The Hall–Kier alpha value is -2.35. The number of ether oxygens (including phenoxy) is 1. The van der Waals surface area contributed by atoms with Gasteiger partial charge in [0.1, 0.15) is 0 Å². The summed E-state index contributed by atoms with van der Waals surface area (Å²) in [6, 6.07) is 17.8. The summed E-state index contributed by atoms with van der Waals surface area (Å²) in [4.78, 5) is 12.2. The molecule has 0 unspecified atom stereocenters. The zero-order chi connectivity index (χ0) is 16.5. The molecule has 0 fully saturated rings. The topological polar surface area (TPSA) is 26.3 Å². The summed E-state index contributed by atoms with van der Waals surface area (Å²) in [5, 5.41) is 0. The average molecular weight is 308 g/mol. The Morgan fingerprint density at radius 2 is 1.65 bits per heavy atom. The van der Waals surface area contributed by atoms with Crippen LogP contribution in [0.3, 0.4) is 0 Å². The molecule has 0 spiro atoms. The largest absolute Gasteiger partial charge is 0.462 e. The minimum atomic E-state index is -0.329. The first-order valence-corrected chi connectivity index (χ1v) is 8.25. The van der Waals surface area contributed by atoms with Crippen LogP contribution in [0.1, 0.15) is 38.2 Å². The molecule has 0 saturated carbocycles. The van der Waals surface area contributed by atoms with Crippen LogP contribution in [0.15, 0.2) is 61.2 Å². The number of carbonyl (C=O) groups excluding carboxylic acids is 1. The van der Waals surface area contributed by atoms with Crippen LogP contribution in [-0.4, -0.2) is 12.6 Å². The highest BCUT2D eigenvalue weighted by atomic mass is 16.5. The monoisotopic (exact) mass is 308 g/mol. The summed E-state index contributed by atoms with van der Waals surface area (Å²) >= 11 is 0. The molecule has 2 aromatic carbocycles. The molecule has 0 atom stereocenters. The van der Waals surface area contributed by atoms with Gasteiger partial charge in [-0.3, -0.25) is 0 Å². The quantitative estimate of drug-likeness (QED) is 0.366. The lowest BCUT2D eigenvalue weighted by Gasteiger charge is -2.12. The van der Waals surface area contributed by atoms with Crippen LogP contribution in [0.25, 0.3) is 16.7 Å². The normalized spacial score (nSPS) is 10.3. The Morgan fingerprint density at radius 1 is 0.957 bits per heavy atom. The first-order chi connectivity index (χ1) is 11.2. The Kier molecular flexibility index (Phi) is 6.61. The zero-order valence-electron chi connectivity index (χ0n) is 13.8. The smallest absolute Gasteiger partial charge is 0.338 e. The Morgan fingerprint density at radius 3 is 2.39 bits per heavy atom. The van der Waals surface area contributed by atoms with Crippen molar-refractivity contribution in [2.75, 3.05) is 6.61 Å². The van der Waals surface area contributed by atoms with Gasteiger partial charge in [-0.2, -0.15) is 0 Å². The van der Waals surface area contributed by atoms with Crippen molar-refractivity contribution in [3.05, 3.63) is 66.7 Å². The number of hydrogen-bond acceptors (Lipinski definition) is 2. The van der Waals surface area contributed by atoms with Gasteiger partial charge in [-0.05, 0) is 23.1 Å². The van der Waals surface area contributed by atoms with E-state index in [1.165, 1.54) is 12.8 Å². The fourth-order valence-electron chi connectivity index (χ4n) is 2.51. The highest BCUT2D eigenvalue weighted by Crippen LogP contribution is 2.28. The molecule has 23 heavy (non-hydrogen) atoms. The van der Waals surface area contributed by atoms with Crippen molar-refractivity contribution in [1.82, 2.24) is 0 Å². The highest BCUT2D eigenvalue weighted by molar-refractivity contribution is 6.17. The van der Waals surface area contributed by atoms with Gasteiger partial charge < -0.3 is 4.74 Å². The SMILES string of the molecule is C=C(C(=O)OCCCCCC)c1ccccc1-c1ccccc1. The third kappa shape index (κ3) is 4.82. The number of unbranched alkanes of at least 4 members (excludes halogenated alkanes) is 3. The molecule has 0 radical (unpaired) electrons. The van der Waals surface area contributed by atoms with Crippen molar-refractivity contribution >= 4 is 11.5 Å². The first-order valence-electron chi connectivity index (χ1n) is 8.25. The molecule has 2 heteroatoms. The predicted molar refractivity (Wildman–Crippen MR) is 96.0 cm³/mol. The molecule has 0 aliphatic carbocycles.